The van der Waals surface area contributed by atoms with Crippen LogP contribution in [0.2, 0.25) is 0 Å². The zero-order chi connectivity index (χ0) is 12.1. The van der Waals surface area contributed by atoms with Gasteiger partial charge in [0.15, 0.2) is 0 Å². The van der Waals surface area contributed by atoms with E-state index in [-0.39, 0.29) is 23.3 Å². The van der Waals surface area contributed by atoms with Crippen LogP contribution in [0, 0.1) is 16.0 Å². The molecule has 0 saturated carbocycles. The average Bonchev–Trinajstić information content (AvgIpc) is 2.25. The van der Waals surface area contributed by atoms with E-state index in [1.54, 1.807) is 0 Å². The Morgan fingerprint density at radius 1 is 1.62 bits per heavy atom. The standard InChI is InChI=1S/C8H13N5O3/c1-5(2)3-16-8-6(13(14)15)7(12-9)10-4-11-8/h4-5H,3,9H2,1-2H3,(H,10,11,12). The van der Waals surface area contributed by atoms with Crippen molar-refractivity contribution < 1.29 is 9.66 Å². The van der Waals surface area contributed by atoms with Gasteiger partial charge in [-0.25, -0.2) is 10.8 Å². The summed E-state index contributed by atoms with van der Waals surface area (Å²) in [6.45, 7) is 4.19. The zero-order valence-electron chi connectivity index (χ0n) is 9.01. The van der Waals surface area contributed by atoms with Gasteiger partial charge >= 0.3 is 5.69 Å². The van der Waals surface area contributed by atoms with E-state index >= 15 is 0 Å². The lowest BCUT2D eigenvalue weighted by molar-refractivity contribution is -0.385. The SMILES string of the molecule is CC(C)COc1ncnc(NN)c1[N+](=O)[O-]. The van der Waals surface area contributed by atoms with Crippen LogP contribution in [-0.2, 0) is 0 Å². The Morgan fingerprint density at radius 2 is 2.31 bits per heavy atom. The molecule has 8 heteroatoms. The molecule has 16 heavy (non-hydrogen) atoms. The monoisotopic (exact) mass is 227 g/mol. The van der Waals surface area contributed by atoms with E-state index in [9.17, 15) is 10.1 Å². The Hall–Kier alpha value is -1.96. The molecule has 88 valence electrons. The summed E-state index contributed by atoms with van der Waals surface area (Å²) in [6.07, 6.45) is 1.15. The number of hydrogen-bond acceptors (Lipinski definition) is 7. The molecular weight excluding hydrogens is 214 g/mol. The first-order chi connectivity index (χ1) is 7.56. The van der Waals surface area contributed by atoms with Crippen LogP contribution in [0.4, 0.5) is 11.5 Å². The molecule has 8 nitrogen and oxygen atoms in total. The summed E-state index contributed by atoms with van der Waals surface area (Å²) in [4.78, 5) is 17.5. The Kier molecular flexibility index (Phi) is 3.95. The van der Waals surface area contributed by atoms with Gasteiger partial charge in [-0.15, -0.1) is 0 Å². The highest BCUT2D eigenvalue weighted by atomic mass is 16.6. The maximum Gasteiger partial charge on any atom is 0.374 e. The lowest BCUT2D eigenvalue weighted by Crippen LogP contribution is -2.13. The molecule has 0 radical (unpaired) electrons. The van der Waals surface area contributed by atoms with Crippen molar-refractivity contribution in [1.82, 2.24) is 9.97 Å². The van der Waals surface area contributed by atoms with E-state index in [4.69, 9.17) is 10.6 Å². The van der Waals surface area contributed by atoms with Crippen LogP contribution in [0.25, 0.3) is 0 Å². The van der Waals surface area contributed by atoms with Crippen molar-refractivity contribution in [1.29, 1.82) is 0 Å². The first kappa shape index (κ1) is 12.1. The first-order valence-electron chi connectivity index (χ1n) is 4.65. The Balaban J connectivity index is 3.02. The highest BCUT2D eigenvalue weighted by Crippen LogP contribution is 2.30. The predicted molar refractivity (Wildman–Crippen MR) is 56.8 cm³/mol. The molecule has 1 aromatic rings. The van der Waals surface area contributed by atoms with Crippen molar-refractivity contribution in [3.63, 3.8) is 0 Å². The topological polar surface area (TPSA) is 116 Å². The van der Waals surface area contributed by atoms with Gasteiger partial charge in [-0.2, -0.15) is 4.98 Å². The second kappa shape index (κ2) is 5.21. The van der Waals surface area contributed by atoms with Crippen LogP contribution >= 0.6 is 0 Å². The molecule has 0 aliphatic carbocycles. The molecule has 1 aromatic heterocycles. The van der Waals surface area contributed by atoms with Gasteiger partial charge in [-0.1, -0.05) is 13.8 Å². The maximum absolute atomic E-state index is 10.8. The smallest absolute Gasteiger partial charge is 0.374 e. The molecule has 0 amide bonds. The molecule has 0 atom stereocenters. The molecule has 1 heterocycles. The number of rotatable bonds is 5. The van der Waals surface area contributed by atoms with Crippen molar-refractivity contribution >= 4 is 11.5 Å². The van der Waals surface area contributed by atoms with Crippen LogP contribution < -0.4 is 16.0 Å². The van der Waals surface area contributed by atoms with Crippen molar-refractivity contribution in [3.8, 4) is 5.88 Å². The molecule has 0 unspecified atom stereocenters. The number of nitrogens with two attached hydrogens (primary N) is 1. The number of nitrogens with one attached hydrogen (secondary N) is 1. The number of nitrogen functional groups attached to an aromatic ring is 1. The second-order valence-corrected chi connectivity index (χ2v) is 3.48. The third-order valence-corrected chi connectivity index (χ3v) is 1.66. The van der Waals surface area contributed by atoms with E-state index in [1.807, 2.05) is 13.8 Å². The fraction of sp³-hybridized carbons (Fsp3) is 0.500. The number of hydrogen-bond donors (Lipinski definition) is 2. The van der Waals surface area contributed by atoms with Crippen molar-refractivity contribution in [2.75, 3.05) is 12.0 Å². The summed E-state index contributed by atoms with van der Waals surface area (Å²) in [5, 5.41) is 10.8. The normalized spacial score (nSPS) is 10.2. The van der Waals surface area contributed by atoms with Crippen LogP contribution in [-0.4, -0.2) is 21.5 Å². The van der Waals surface area contributed by atoms with Gasteiger partial charge in [-0.05, 0) is 5.92 Å². The zero-order valence-corrected chi connectivity index (χ0v) is 9.01. The molecule has 1 rings (SSSR count). The summed E-state index contributed by atoms with van der Waals surface area (Å²) in [6, 6.07) is 0. The molecule has 0 aliphatic heterocycles. The fourth-order valence-electron chi connectivity index (χ4n) is 0.984. The van der Waals surface area contributed by atoms with Gasteiger partial charge in [0.1, 0.15) is 6.33 Å². The van der Waals surface area contributed by atoms with Gasteiger partial charge in [0.05, 0.1) is 11.5 Å². The van der Waals surface area contributed by atoms with E-state index in [2.05, 4.69) is 15.4 Å². The maximum atomic E-state index is 10.8. The van der Waals surface area contributed by atoms with Gasteiger partial charge in [-0.3, -0.25) is 10.1 Å². The number of ether oxygens (including phenoxy) is 1. The third kappa shape index (κ3) is 2.76. The lowest BCUT2D eigenvalue weighted by atomic mass is 10.2. The molecule has 0 spiro atoms. The summed E-state index contributed by atoms with van der Waals surface area (Å²) in [5.74, 6) is 5.20. The minimum atomic E-state index is -0.634. The van der Waals surface area contributed by atoms with Crippen molar-refractivity contribution in [2.45, 2.75) is 13.8 Å². The Morgan fingerprint density at radius 3 is 2.81 bits per heavy atom. The van der Waals surface area contributed by atoms with Crippen molar-refractivity contribution in [2.24, 2.45) is 11.8 Å². The Bertz CT molecular complexity index is 382. The molecule has 0 aliphatic rings. The number of nitro groups is 1. The first-order valence-corrected chi connectivity index (χ1v) is 4.65. The van der Waals surface area contributed by atoms with Crippen LogP contribution in [0.1, 0.15) is 13.8 Å². The number of nitrogens with zero attached hydrogens (tertiary/aromatic N) is 3. The molecule has 0 bridgehead atoms. The third-order valence-electron chi connectivity index (χ3n) is 1.66. The number of hydrazine groups is 1. The second-order valence-electron chi connectivity index (χ2n) is 3.48. The van der Waals surface area contributed by atoms with E-state index in [0.29, 0.717) is 6.61 Å². The van der Waals surface area contributed by atoms with Gasteiger partial charge < -0.3 is 10.2 Å². The van der Waals surface area contributed by atoms with E-state index in [1.165, 1.54) is 0 Å². The van der Waals surface area contributed by atoms with E-state index < -0.39 is 4.92 Å². The summed E-state index contributed by atoms with van der Waals surface area (Å²) >= 11 is 0. The molecular formula is C8H13N5O3. The minimum absolute atomic E-state index is 0.0706. The van der Waals surface area contributed by atoms with Crippen LogP contribution in [0.3, 0.4) is 0 Å². The predicted octanol–water partition coefficient (Wildman–Crippen LogP) is 0.705. The summed E-state index contributed by atoms with van der Waals surface area (Å²) in [5.41, 5.74) is 1.78. The molecule has 0 fully saturated rings. The molecule has 0 saturated heterocycles. The summed E-state index contributed by atoms with van der Waals surface area (Å²) in [7, 11) is 0. The average molecular weight is 227 g/mol. The quantitative estimate of drug-likeness (QED) is 0.432. The van der Waals surface area contributed by atoms with E-state index in [0.717, 1.165) is 6.33 Å². The summed E-state index contributed by atoms with van der Waals surface area (Å²) < 4.78 is 5.21. The highest BCUT2D eigenvalue weighted by Gasteiger charge is 2.23. The van der Waals surface area contributed by atoms with Gasteiger partial charge in [0, 0.05) is 0 Å². The molecule has 3 N–H and O–H groups in total. The van der Waals surface area contributed by atoms with Gasteiger partial charge in [0.2, 0.25) is 5.82 Å². The van der Waals surface area contributed by atoms with Crippen LogP contribution in [0.15, 0.2) is 6.33 Å². The van der Waals surface area contributed by atoms with Crippen molar-refractivity contribution in [3.05, 3.63) is 16.4 Å². The fourth-order valence-corrected chi connectivity index (χ4v) is 0.984. The molecule has 0 aromatic carbocycles. The number of anilines is 1. The highest BCUT2D eigenvalue weighted by molar-refractivity contribution is 5.60. The Labute approximate surface area is 92.0 Å². The lowest BCUT2D eigenvalue weighted by Gasteiger charge is -2.08. The van der Waals surface area contributed by atoms with Crippen LogP contribution in [0.5, 0.6) is 5.88 Å². The number of aromatic nitrogens is 2. The largest absolute Gasteiger partial charge is 0.472 e. The van der Waals surface area contributed by atoms with Gasteiger partial charge in [0.25, 0.3) is 5.88 Å². The minimum Gasteiger partial charge on any atom is -0.472 e.